The highest BCUT2D eigenvalue weighted by atomic mass is 79.9. The molecule has 1 heterocycles. The summed E-state index contributed by atoms with van der Waals surface area (Å²) in [5, 5.41) is 0. The van der Waals surface area contributed by atoms with Crippen LogP contribution in [0.3, 0.4) is 0 Å². The number of rotatable bonds is 4. The summed E-state index contributed by atoms with van der Waals surface area (Å²) < 4.78 is 41.2. The molecule has 1 aromatic heterocycles. The number of sulfonamides is 1. The Kier molecular flexibility index (Phi) is 4.39. The molecule has 0 aliphatic carbocycles. The molecule has 19 heavy (non-hydrogen) atoms. The Hall–Kier alpha value is -0.760. The number of halogens is 2. The van der Waals surface area contributed by atoms with Crippen LogP contribution in [0.25, 0.3) is 0 Å². The second-order valence-corrected chi connectivity index (χ2v) is 8.33. The van der Waals surface area contributed by atoms with E-state index < -0.39 is 21.9 Å². The second kappa shape index (κ2) is 5.70. The van der Waals surface area contributed by atoms with Crippen LogP contribution in [0.5, 0.6) is 0 Å². The Labute approximate surface area is 123 Å². The third-order valence-corrected chi connectivity index (χ3v) is 6.17. The molecule has 1 atom stereocenters. The molecule has 0 amide bonds. The zero-order valence-corrected chi connectivity index (χ0v) is 13.1. The van der Waals surface area contributed by atoms with Gasteiger partial charge in [-0.3, -0.25) is 0 Å². The molecule has 0 saturated heterocycles. The van der Waals surface area contributed by atoms with Gasteiger partial charge in [0.25, 0.3) is 10.0 Å². The third-order valence-electron chi connectivity index (χ3n) is 2.52. The van der Waals surface area contributed by atoms with Crippen molar-refractivity contribution in [2.45, 2.75) is 17.2 Å². The third kappa shape index (κ3) is 3.42. The van der Waals surface area contributed by atoms with Gasteiger partial charge in [-0.15, -0.1) is 11.3 Å². The highest BCUT2D eigenvalue weighted by Crippen LogP contribution is 2.27. The first kappa shape index (κ1) is 14.6. The van der Waals surface area contributed by atoms with Gasteiger partial charge in [-0.1, -0.05) is 18.2 Å². The fourth-order valence-electron chi connectivity index (χ4n) is 1.62. The van der Waals surface area contributed by atoms with Crippen molar-refractivity contribution >= 4 is 37.3 Å². The molecule has 0 bridgehead atoms. The van der Waals surface area contributed by atoms with Crippen LogP contribution in [0.4, 0.5) is 4.39 Å². The fourth-order valence-corrected chi connectivity index (χ4v) is 4.87. The Bertz CT molecular complexity index is 685. The minimum Gasteiger partial charge on any atom is -0.207 e. The predicted octanol–water partition coefficient (Wildman–Crippen LogP) is 3.69. The minimum absolute atomic E-state index is 0.197. The maximum atomic E-state index is 13.6. The van der Waals surface area contributed by atoms with Crippen LogP contribution in [-0.2, 0) is 10.0 Å². The lowest BCUT2D eigenvalue weighted by molar-refractivity contribution is 0.551. The topological polar surface area (TPSA) is 46.2 Å². The molecule has 1 N–H and O–H groups in total. The fraction of sp³-hybridized carbons (Fsp3) is 0.167. The molecular weight excluding hydrogens is 353 g/mol. The van der Waals surface area contributed by atoms with E-state index in [1.165, 1.54) is 12.1 Å². The van der Waals surface area contributed by atoms with E-state index in [2.05, 4.69) is 20.7 Å². The van der Waals surface area contributed by atoms with Gasteiger partial charge in [-0.25, -0.2) is 17.5 Å². The molecule has 2 rings (SSSR count). The molecule has 7 heteroatoms. The summed E-state index contributed by atoms with van der Waals surface area (Å²) in [5.74, 6) is -0.426. The summed E-state index contributed by atoms with van der Waals surface area (Å²) in [6.45, 7) is 1.61. The number of hydrogen-bond donors (Lipinski definition) is 1. The Balaban J connectivity index is 2.24. The van der Waals surface area contributed by atoms with Crippen LogP contribution >= 0.6 is 27.3 Å². The van der Waals surface area contributed by atoms with E-state index in [-0.39, 0.29) is 4.21 Å². The van der Waals surface area contributed by atoms with Crippen molar-refractivity contribution in [3.05, 3.63) is 51.6 Å². The molecule has 0 fully saturated rings. The SMILES string of the molecule is CC(NS(=O)(=O)c1ccc(Br)s1)c1ccccc1F. The molecule has 0 saturated carbocycles. The lowest BCUT2D eigenvalue weighted by Gasteiger charge is -2.14. The van der Waals surface area contributed by atoms with Gasteiger partial charge in [0.2, 0.25) is 0 Å². The summed E-state index contributed by atoms with van der Waals surface area (Å²) in [6, 6.07) is 8.64. The molecule has 0 radical (unpaired) electrons. The van der Waals surface area contributed by atoms with E-state index in [0.29, 0.717) is 5.56 Å². The summed E-state index contributed by atoms with van der Waals surface area (Å²) in [4.78, 5) is 0. The maximum Gasteiger partial charge on any atom is 0.250 e. The van der Waals surface area contributed by atoms with E-state index in [9.17, 15) is 12.8 Å². The van der Waals surface area contributed by atoms with Crippen molar-refractivity contribution in [3.8, 4) is 0 Å². The summed E-state index contributed by atoms with van der Waals surface area (Å²) in [6.07, 6.45) is 0. The number of nitrogens with one attached hydrogen (secondary N) is 1. The van der Waals surface area contributed by atoms with Gasteiger partial charge in [0.05, 0.1) is 3.79 Å². The molecule has 3 nitrogen and oxygen atoms in total. The number of benzene rings is 1. The van der Waals surface area contributed by atoms with Crippen molar-refractivity contribution in [3.63, 3.8) is 0 Å². The van der Waals surface area contributed by atoms with Gasteiger partial charge in [0.15, 0.2) is 0 Å². The Morgan fingerprint density at radius 3 is 2.53 bits per heavy atom. The first-order valence-corrected chi connectivity index (χ1v) is 8.51. The zero-order chi connectivity index (χ0) is 14.0. The summed E-state index contributed by atoms with van der Waals surface area (Å²) >= 11 is 4.32. The van der Waals surface area contributed by atoms with Gasteiger partial charge in [-0.05, 0) is 41.1 Å². The molecule has 0 aliphatic rings. The van der Waals surface area contributed by atoms with Crippen LogP contribution in [0.2, 0.25) is 0 Å². The van der Waals surface area contributed by atoms with Crippen LogP contribution in [0.15, 0.2) is 44.4 Å². The van der Waals surface area contributed by atoms with Crippen molar-refractivity contribution in [1.82, 2.24) is 4.72 Å². The van der Waals surface area contributed by atoms with Crippen molar-refractivity contribution < 1.29 is 12.8 Å². The van der Waals surface area contributed by atoms with Gasteiger partial charge >= 0.3 is 0 Å². The standard InChI is InChI=1S/C12H11BrFNO2S2/c1-8(9-4-2-3-5-10(9)14)15-19(16,17)12-7-6-11(13)18-12/h2-8,15H,1H3. The second-order valence-electron chi connectivity index (χ2n) is 3.92. The van der Waals surface area contributed by atoms with Crippen molar-refractivity contribution in [2.24, 2.45) is 0 Å². The first-order valence-electron chi connectivity index (χ1n) is 5.42. The van der Waals surface area contributed by atoms with Crippen LogP contribution in [0.1, 0.15) is 18.5 Å². The average Bonchev–Trinajstić information content (AvgIpc) is 2.76. The van der Waals surface area contributed by atoms with E-state index in [4.69, 9.17) is 0 Å². The van der Waals surface area contributed by atoms with Gasteiger partial charge in [-0.2, -0.15) is 0 Å². The molecule has 0 spiro atoms. The lowest BCUT2D eigenvalue weighted by Crippen LogP contribution is -2.26. The van der Waals surface area contributed by atoms with E-state index in [1.54, 1.807) is 31.2 Å². The van der Waals surface area contributed by atoms with Gasteiger partial charge < -0.3 is 0 Å². The number of thiophene rings is 1. The highest BCUT2D eigenvalue weighted by Gasteiger charge is 2.21. The minimum atomic E-state index is -3.63. The average molecular weight is 364 g/mol. The zero-order valence-electron chi connectivity index (χ0n) is 9.93. The first-order chi connectivity index (χ1) is 8.90. The van der Waals surface area contributed by atoms with Crippen molar-refractivity contribution in [1.29, 1.82) is 0 Å². The van der Waals surface area contributed by atoms with Gasteiger partial charge in [0, 0.05) is 11.6 Å². The Morgan fingerprint density at radius 2 is 1.95 bits per heavy atom. The normalized spacial score (nSPS) is 13.4. The smallest absolute Gasteiger partial charge is 0.207 e. The van der Waals surface area contributed by atoms with Crippen LogP contribution in [-0.4, -0.2) is 8.42 Å². The molecule has 2 aromatic rings. The summed E-state index contributed by atoms with van der Waals surface area (Å²) in [5.41, 5.74) is 0.321. The molecule has 1 unspecified atom stereocenters. The lowest BCUT2D eigenvalue weighted by atomic mass is 10.1. The number of hydrogen-bond acceptors (Lipinski definition) is 3. The monoisotopic (exact) mass is 363 g/mol. The molecule has 102 valence electrons. The van der Waals surface area contributed by atoms with Crippen LogP contribution < -0.4 is 4.72 Å². The quantitative estimate of drug-likeness (QED) is 0.900. The van der Waals surface area contributed by atoms with E-state index in [1.807, 2.05) is 0 Å². The molecule has 1 aromatic carbocycles. The van der Waals surface area contributed by atoms with Gasteiger partial charge in [0.1, 0.15) is 10.0 Å². The predicted molar refractivity (Wildman–Crippen MR) is 77.2 cm³/mol. The van der Waals surface area contributed by atoms with Crippen molar-refractivity contribution in [2.75, 3.05) is 0 Å². The van der Waals surface area contributed by atoms with E-state index in [0.717, 1.165) is 15.1 Å². The molecule has 0 aliphatic heterocycles. The highest BCUT2D eigenvalue weighted by molar-refractivity contribution is 9.11. The summed E-state index contributed by atoms with van der Waals surface area (Å²) in [7, 11) is -3.63. The van der Waals surface area contributed by atoms with E-state index >= 15 is 0 Å². The molecular formula is C12H11BrFNO2S2. The van der Waals surface area contributed by atoms with Crippen LogP contribution in [0, 0.1) is 5.82 Å². The maximum absolute atomic E-state index is 13.6. The Morgan fingerprint density at radius 1 is 1.26 bits per heavy atom. The largest absolute Gasteiger partial charge is 0.250 e.